The molecule has 1 aliphatic carbocycles. The van der Waals surface area contributed by atoms with Crippen LogP contribution in [0, 0.1) is 0 Å². The number of ether oxygens (including phenoxy) is 1. The van der Waals surface area contributed by atoms with Crippen LogP contribution < -0.4 is 5.73 Å². The fourth-order valence-electron chi connectivity index (χ4n) is 2.21. The molecule has 0 radical (unpaired) electrons. The molecule has 0 spiro atoms. The lowest BCUT2D eigenvalue weighted by molar-refractivity contribution is 0.200. The van der Waals surface area contributed by atoms with Crippen LogP contribution in [0.3, 0.4) is 0 Å². The normalized spacial score (nSPS) is 20.3. The van der Waals surface area contributed by atoms with E-state index in [0.29, 0.717) is 6.04 Å². The Kier molecular flexibility index (Phi) is 3.07. The predicted octanol–water partition coefficient (Wildman–Crippen LogP) is 0.425. The first-order valence-corrected chi connectivity index (χ1v) is 5.50. The summed E-state index contributed by atoms with van der Waals surface area (Å²) in [6.45, 7) is 0.732. The van der Waals surface area contributed by atoms with Gasteiger partial charge in [-0.2, -0.15) is 0 Å². The van der Waals surface area contributed by atoms with Gasteiger partial charge in [0.25, 0.3) is 0 Å². The van der Waals surface area contributed by atoms with Gasteiger partial charge in [0.15, 0.2) is 0 Å². The van der Waals surface area contributed by atoms with Crippen molar-refractivity contribution in [1.29, 1.82) is 0 Å². The molecule has 2 N–H and O–H groups in total. The highest BCUT2D eigenvalue weighted by atomic mass is 16.5. The Morgan fingerprint density at radius 1 is 1.60 bits per heavy atom. The van der Waals surface area contributed by atoms with E-state index in [2.05, 4.69) is 16.6 Å². The average Bonchev–Trinajstić information content (AvgIpc) is 2.52. The lowest BCUT2D eigenvalue weighted by Crippen LogP contribution is -2.28. The van der Waals surface area contributed by atoms with Gasteiger partial charge in [0.05, 0.1) is 12.3 Å². The molecule has 0 saturated heterocycles. The summed E-state index contributed by atoms with van der Waals surface area (Å²) in [4.78, 5) is 4.64. The van der Waals surface area contributed by atoms with E-state index in [9.17, 15) is 0 Å². The molecular formula is C11H19N3O. The van der Waals surface area contributed by atoms with Crippen LogP contribution in [-0.4, -0.2) is 29.3 Å². The SMILES string of the molecule is COCCc1nc2c(n1C)CCC(N)C2. The molecule has 0 bridgehead atoms. The third kappa shape index (κ3) is 2.06. The standard InChI is InChI=1S/C11H19N3O/c1-14-10-4-3-8(12)7-9(10)13-11(14)5-6-15-2/h8H,3-7,12H2,1-2H3. The van der Waals surface area contributed by atoms with Crippen molar-refractivity contribution in [2.24, 2.45) is 12.8 Å². The van der Waals surface area contributed by atoms with Crippen LogP contribution in [0.4, 0.5) is 0 Å². The van der Waals surface area contributed by atoms with Crippen molar-refractivity contribution < 1.29 is 4.74 Å². The summed E-state index contributed by atoms with van der Waals surface area (Å²) in [6, 6.07) is 0.294. The number of methoxy groups -OCH3 is 1. The van der Waals surface area contributed by atoms with Gasteiger partial charge in [0.1, 0.15) is 5.82 Å². The van der Waals surface area contributed by atoms with Crippen LogP contribution in [0.2, 0.25) is 0 Å². The second-order valence-corrected chi connectivity index (χ2v) is 4.23. The van der Waals surface area contributed by atoms with Crippen LogP contribution >= 0.6 is 0 Å². The maximum absolute atomic E-state index is 5.94. The molecule has 0 saturated carbocycles. The molecule has 1 aromatic heterocycles. The third-order valence-electron chi connectivity index (χ3n) is 3.13. The van der Waals surface area contributed by atoms with Crippen molar-refractivity contribution in [1.82, 2.24) is 9.55 Å². The highest BCUT2D eigenvalue weighted by molar-refractivity contribution is 5.21. The van der Waals surface area contributed by atoms with Crippen LogP contribution in [-0.2, 0) is 31.0 Å². The van der Waals surface area contributed by atoms with Crippen LogP contribution in [0.1, 0.15) is 23.6 Å². The van der Waals surface area contributed by atoms with E-state index >= 15 is 0 Å². The lowest BCUT2D eigenvalue weighted by Gasteiger charge is -2.17. The summed E-state index contributed by atoms with van der Waals surface area (Å²) in [7, 11) is 3.81. The van der Waals surface area contributed by atoms with Crippen molar-refractivity contribution >= 4 is 0 Å². The van der Waals surface area contributed by atoms with E-state index < -0.39 is 0 Å². The zero-order valence-electron chi connectivity index (χ0n) is 9.49. The molecule has 4 nitrogen and oxygen atoms in total. The number of imidazole rings is 1. The quantitative estimate of drug-likeness (QED) is 0.785. The molecule has 0 fully saturated rings. The van der Waals surface area contributed by atoms with Gasteiger partial charge in [-0.1, -0.05) is 0 Å². The number of rotatable bonds is 3. The monoisotopic (exact) mass is 209 g/mol. The van der Waals surface area contributed by atoms with E-state index in [-0.39, 0.29) is 0 Å². The molecule has 1 aromatic rings. The van der Waals surface area contributed by atoms with Gasteiger partial charge in [-0.05, 0) is 12.8 Å². The Labute approximate surface area is 90.4 Å². The smallest absolute Gasteiger partial charge is 0.111 e. The molecule has 84 valence electrons. The Morgan fingerprint density at radius 2 is 2.40 bits per heavy atom. The number of nitrogens with zero attached hydrogens (tertiary/aromatic N) is 2. The van der Waals surface area contributed by atoms with Gasteiger partial charge in [-0.15, -0.1) is 0 Å². The lowest BCUT2D eigenvalue weighted by atomic mass is 9.97. The Hall–Kier alpha value is -0.870. The van der Waals surface area contributed by atoms with Crippen LogP contribution in [0.25, 0.3) is 0 Å². The number of fused-ring (bicyclic) bond motifs is 1. The van der Waals surface area contributed by atoms with Gasteiger partial charge in [-0.3, -0.25) is 0 Å². The molecule has 0 aromatic carbocycles. The molecule has 1 unspecified atom stereocenters. The van der Waals surface area contributed by atoms with Crippen LogP contribution in [0.15, 0.2) is 0 Å². The number of nitrogens with two attached hydrogens (primary N) is 1. The van der Waals surface area contributed by atoms with Crippen molar-refractivity contribution in [2.45, 2.75) is 31.7 Å². The Balaban J connectivity index is 2.20. The van der Waals surface area contributed by atoms with Gasteiger partial charge in [0.2, 0.25) is 0 Å². The van der Waals surface area contributed by atoms with E-state index in [1.807, 2.05) is 0 Å². The molecular weight excluding hydrogens is 190 g/mol. The summed E-state index contributed by atoms with van der Waals surface area (Å²) < 4.78 is 7.28. The zero-order chi connectivity index (χ0) is 10.8. The summed E-state index contributed by atoms with van der Waals surface area (Å²) in [5, 5.41) is 0. The fourth-order valence-corrected chi connectivity index (χ4v) is 2.21. The Bertz CT molecular complexity index is 346. The van der Waals surface area contributed by atoms with E-state index in [1.165, 1.54) is 11.4 Å². The van der Waals surface area contributed by atoms with Crippen molar-refractivity contribution in [3.05, 3.63) is 17.2 Å². The number of aromatic nitrogens is 2. The summed E-state index contributed by atoms with van der Waals surface area (Å²) in [6.07, 6.45) is 3.95. The van der Waals surface area contributed by atoms with Crippen molar-refractivity contribution in [2.75, 3.05) is 13.7 Å². The summed E-state index contributed by atoms with van der Waals surface area (Å²) in [5.41, 5.74) is 8.50. The van der Waals surface area contributed by atoms with E-state index in [4.69, 9.17) is 10.5 Å². The molecule has 0 amide bonds. The largest absolute Gasteiger partial charge is 0.384 e. The average molecular weight is 209 g/mol. The zero-order valence-corrected chi connectivity index (χ0v) is 9.49. The van der Waals surface area contributed by atoms with Gasteiger partial charge < -0.3 is 15.0 Å². The third-order valence-corrected chi connectivity index (χ3v) is 3.13. The molecule has 0 aliphatic heterocycles. The number of hydrogen-bond donors (Lipinski definition) is 1. The first-order valence-electron chi connectivity index (χ1n) is 5.50. The van der Waals surface area contributed by atoms with Crippen LogP contribution in [0.5, 0.6) is 0 Å². The molecule has 1 aliphatic rings. The maximum Gasteiger partial charge on any atom is 0.111 e. The number of hydrogen-bond acceptors (Lipinski definition) is 3. The molecule has 15 heavy (non-hydrogen) atoms. The second kappa shape index (κ2) is 4.33. The van der Waals surface area contributed by atoms with Crippen molar-refractivity contribution in [3.63, 3.8) is 0 Å². The van der Waals surface area contributed by atoms with Gasteiger partial charge in [0, 0.05) is 38.7 Å². The molecule has 4 heteroatoms. The highest BCUT2D eigenvalue weighted by Crippen LogP contribution is 2.20. The topological polar surface area (TPSA) is 53.1 Å². The van der Waals surface area contributed by atoms with Crippen molar-refractivity contribution in [3.8, 4) is 0 Å². The molecule has 1 atom stereocenters. The van der Waals surface area contributed by atoms with Gasteiger partial charge in [-0.25, -0.2) is 4.98 Å². The minimum Gasteiger partial charge on any atom is -0.384 e. The molecule has 2 rings (SSSR count). The van der Waals surface area contributed by atoms with E-state index in [0.717, 1.165) is 38.1 Å². The molecule has 1 heterocycles. The van der Waals surface area contributed by atoms with E-state index in [1.54, 1.807) is 7.11 Å². The minimum absolute atomic E-state index is 0.294. The predicted molar refractivity (Wildman–Crippen MR) is 58.8 cm³/mol. The summed E-state index contributed by atoms with van der Waals surface area (Å²) in [5.74, 6) is 1.12. The maximum atomic E-state index is 5.94. The minimum atomic E-state index is 0.294. The van der Waals surface area contributed by atoms with Gasteiger partial charge >= 0.3 is 0 Å². The summed E-state index contributed by atoms with van der Waals surface area (Å²) >= 11 is 0. The fraction of sp³-hybridized carbons (Fsp3) is 0.727. The highest BCUT2D eigenvalue weighted by Gasteiger charge is 2.21. The first kappa shape index (κ1) is 10.6. The first-order chi connectivity index (χ1) is 7.22. The Morgan fingerprint density at radius 3 is 3.13 bits per heavy atom. The second-order valence-electron chi connectivity index (χ2n) is 4.23.